The highest BCUT2D eigenvalue weighted by Gasteiger charge is 2.31. The second-order valence-corrected chi connectivity index (χ2v) is 8.31. The number of hydrogen-bond donors (Lipinski definition) is 1. The van der Waals surface area contributed by atoms with E-state index in [0.29, 0.717) is 11.0 Å². The van der Waals surface area contributed by atoms with Crippen LogP contribution in [-0.4, -0.2) is 30.8 Å². The molecule has 2 heterocycles. The highest BCUT2D eigenvalue weighted by molar-refractivity contribution is 7.19. The lowest BCUT2D eigenvalue weighted by atomic mass is 10.1. The normalized spacial score (nSPS) is 12.3. The minimum Gasteiger partial charge on any atom is -0.328 e. The summed E-state index contributed by atoms with van der Waals surface area (Å²) in [6.07, 6.45) is 1.62. The number of para-hydroxylation sites is 2. The van der Waals surface area contributed by atoms with Crippen molar-refractivity contribution in [1.82, 2.24) is 4.98 Å². The maximum Gasteiger partial charge on any atom is 0.226 e. The van der Waals surface area contributed by atoms with E-state index in [1.807, 2.05) is 84.6 Å². The molecular formula is C24H21N5O2S. The Bertz CT molecular complexity index is 1210. The molecular weight excluding hydrogens is 422 g/mol. The molecule has 0 atom stereocenters. The Kier molecular flexibility index (Phi) is 6.01. The number of nitrogens with zero attached hydrogens (tertiary/aromatic N) is 4. The second-order valence-electron chi connectivity index (χ2n) is 7.28. The lowest BCUT2D eigenvalue weighted by molar-refractivity contribution is -0.120. The number of carbonyl (C=O) groups excluding carboxylic acids is 2. The topological polar surface area (TPSA) is 89.3 Å². The Balaban J connectivity index is 1.41. The molecule has 0 unspecified atom stereocenters. The number of Topliss-reactive ketones (excluding diaryl/α,β-unsaturated/α-hetero) is 1. The van der Waals surface area contributed by atoms with Crippen LogP contribution in [-0.2, 0) is 9.59 Å². The molecule has 4 rings (SSSR count). The van der Waals surface area contributed by atoms with Gasteiger partial charge in [-0.1, -0.05) is 53.8 Å². The van der Waals surface area contributed by atoms with Crippen molar-refractivity contribution in [1.29, 1.82) is 5.26 Å². The first-order valence-corrected chi connectivity index (χ1v) is 10.9. The van der Waals surface area contributed by atoms with E-state index in [0.717, 1.165) is 21.8 Å². The van der Waals surface area contributed by atoms with Gasteiger partial charge in [-0.2, -0.15) is 5.26 Å². The summed E-state index contributed by atoms with van der Waals surface area (Å²) in [6.45, 7) is 0. The standard InChI is InChI=1S/C24H21N5O2S/c1-28-18-10-6-7-11-19(18)29(2)23(28)17(14-25)20(30)12-13-22(31)27-24-26-15-21(32-24)16-8-4-3-5-9-16/h3-11,15H,12-13H2,1-2H3,(H,26,27,31). The van der Waals surface area contributed by atoms with Crippen molar-refractivity contribution in [3.8, 4) is 16.5 Å². The van der Waals surface area contributed by atoms with Crippen LogP contribution in [0.2, 0.25) is 0 Å². The number of thiazole rings is 1. The number of nitrogens with one attached hydrogen (secondary N) is 1. The van der Waals surface area contributed by atoms with E-state index in [9.17, 15) is 14.9 Å². The van der Waals surface area contributed by atoms with Crippen molar-refractivity contribution in [2.75, 3.05) is 29.2 Å². The Morgan fingerprint density at radius 2 is 1.62 bits per heavy atom. The van der Waals surface area contributed by atoms with Crippen molar-refractivity contribution < 1.29 is 9.59 Å². The molecule has 0 bridgehead atoms. The Labute approximate surface area is 190 Å². The van der Waals surface area contributed by atoms with Crippen molar-refractivity contribution >= 4 is 39.5 Å². The van der Waals surface area contributed by atoms with Gasteiger partial charge < -0.3 is 15.1 Å². The molecule has 0 spiro atoms. The van der Waals surface area contributed by atoms with E-state index in [2.05, 4.69) is 10.3 Å². The number of amides is 1. The molecule has 8 heteroatoms. The zero-order valence-electron chi connectivity index (χ0n) is 17.7. The zero-order valence-corrected chi connectivity index (χ0v) is 18.5. The number of allylic oxidation sites excluding steroid dienone is 1. The summed E-state index contributed by atoms with van der Waals surface area (Å²) in [6, 6.07) is 19.5. The number of hydrogen-bond acceptors (Lipinski definition) is 7. The van der Waals surface area contributed by atoms with Crippen LogP contribution in [0, 0.1) is 11.3 Å². The fraction of sp³-hybridized carbons (Fsp3) is 0.167. The fourth-order valence-corrected chi connectivity index (χ4v) is 4.50. The molecule has 0 saturated heterocycles. The summed E-state index contributed by atoms with van der Waals surface area (Å²) in [5.41, 5.74) is 2.90. The lowest BCUT2D eigenvalue weighted by Gasteiger charge is -2.19. The number of ketones is 1. The third-order valence-electron chi connectivity index (χ3n) is 5.24. The average molecular weight is 444 g/mol. The van der Waals surface area contributed by atoms with E-state index < -0.39 is 0 Å². The third kappa shape index (κ3) is 4.11. The summed E-state index contributed by atoms with van der Waals surface area (Å²) < 4.78 is 0. The number of benzene rings is 2. The first kappa shape index (κ1) is 21.3. The molecule has 0 aliphatic carbocycles. The van der Waals surface area contributed by atoms with E-state index in [-0.39, 0.29) is 30.1 Å². The molecule has 1 N–H and O–H groups in total. The summed E-state index contributed by atoms with van der Waals surface area (Å²) >= 11 is 1.37. The van der Waals surface area contributed by atoms with Gasteiger partial charge in [-0.3, -0.25) is 9.59 Å². The summed E-state index contributed by atoms with van der Waals surface area (Å²) in [5, 5.41) is 12.9. The Hall–Kier alpha value is -3.96. The van der Waals surface area contributed by atoms with Gasteiger partial charge >= 0.3 is 0 Å². The van der Waals surface area contributed by atoms with Crippen LogP contribution < -0.4 is 15.1 Å². The summed E-state index contributed by atoms with van der Waals surface area (Å²) in [7, 11) is 3.64. The summed E-state index contributed by atoms with van der Waals surface area (Å²) in [5.74, 6) is -0.161. The van der Waals surface area contributed by atoms with Crippen LogP contribution in [0.3, 0.4) is 0 Å². The largest absolute Gasteiger partial charge is 0.328 e. The highest BCUT2D eigenvalue weighted by atomic mass is 32.1. The van der Waals surface area contributed by atoms with Crippen molar-refractivity contribution in [2.24, 2.45) is 0 Å². The molecule has 0 fully saturated rings. The number of anilines is 3. The van der Waals surface area contributed by atoms with E-state index in [4.69, 9.17) is 0 Å². The van der Waals surface area contributed by atoms with Gasteiger partial charge in [0.25, 0.3) is 0 Å². The van der Waals surface area contributed by atoms with Crippen LogP contribution in [0.15, 0.2) is 72.2 Å². The number of fused-ring (bicyclic) bond motifs is 1. The lowest BCUT2D eigenvalue weighted by Crippen LogP contribution is -2.26. The van der Waals surface area contributed by atoms with Crippen molar-refractivity contribution in [3.63, 3.8) is 0 Å². The number of nitriles is 1. The molecule has 1 aliphatic rings. The third-order valence-corrected chi connectivity index (χ3v) is 6.21. The molecule has 0 radical (unpaired) electrons. The fourth-order valence-electron chi connectivity index (χ4n) is 3.66. The van der Waals surface area contributed by atoms with Gasteiger partial charge in [0.2, 0.25) is 5.91 Å². The molecule has 3 aromatic rings. The maximum atomic E-state index is 12.8. The van der Waals surface area contributed by atoms with Crippen LogP contribution in [0.25, 0.3) is 10.4 Å². The Morgan fingerprint density at radius 1 is 1.00 bits per heavy atom. The predicted molar refractivity (Wildman–Crippen MR) is 126 cm³/mol. The van der Waals surface area contributed by atoms with Crippen LogP contribution >= 0.6 is 11.3 Å². The van der Waals surface area contributed by atoms with Crippen LogP contribution in [0.1, 0.15) is 12.8 Å². The van der Waals surface area contributed by atoms with Gasteiger partial charge in [-0.05, 0) is 17.7 Å². The first-order chi connectivity index (χ1) is 15.5. The SMILES string of the molecule is CN1C(=C(C#N)C(=O)CCC(=O)Nc2ncc(-c3ccccc3)s2)N(C)c2ccccc21. The molecule has 0 saturated carbocycles. The smallest absolute Gasteiger partial charge is 0.226 e. The number of aromatic nitrogens is 1. The number of rotatable bonds is 6. The maximum absolute atomic E-state index is 12.8. The van der Waals surface area contributed by atoms with Crippen molar-refractivity contribution in [3.05, 3.63) is 72.2 Å². The molecule has 32 heavy (non-hydrogen) atoms. The zero-order chi connectivity index (χ0) is 22.7. The molecule has 1 aliphatic heterocycles. The number of carbonyl (C=O) groups is 2. The minimum absolute atomic E-state index is 0.0298. The predicted octanol–water partition coefficient (Wildman–Crippen LogP) is 4.42. The van der Waals surface area contributed by atoms with E-state index >= 15 is 0 Å². The van der Waals surface area contributed by atoms with Gasteiger partial charge in [0.05, 0.1) is 16.3 Å². The van der Waals surface area contributed by atoms with Gasteiger partial charge in [0.15, 0.2) is 10.9 Å². The minimum atomic E-state index is -0.367. The average Bonchev–Trinajstić information content (AvgIpc) is 3.38. The highest BCUT2D eigenvalue weighted by Crippen LogP contribution is 2.40. The van der Waals surface area contributed by atoms with E-state index in [1.54, 1.807) is 6.20 Å². The van der Waals surface area contributed by atoms with Crippen LogP contribution in [0.5, 0.6) is 0 Å². The molecule has 1 amide bonds. The van der Waals surface area contributed by atoms with E-state index in [1.165, 1.54) is 11.3 Å². The summed E-state index contributed by atoms with van der Waals surface area (Å²) in [4.78, 5) is 34.0. The van der Waals surface area contributed by atoms with Gasteiger partial charge in [0.1, 0.15) is 17.5 Å². The molecule has 160 valence electrons. The molecule has 2 aromatic carbocycles. The second kappa shape index (κ2) is 9.04. The molecule has 7 nitrogen and oxygen atoms in total. The van der Waals surface area contributed by atoms with Crippen molar-refractivity contribution in [2.45, 2.75) is 12.8 Å². The van der Waals surface area contributed by atoms with Crippen LogP contribution in [0.4, 0.5) is 16.5 Å². The quantitative estimate of drug-likeness (QED) is 0.448. The van der Waals surface area contributed by atoms with Gasteiger partial charge in [0, 0.05) is 33.1 Å². The Morgan fingerprint density at radius 3 is 2.25 bits per heavy atom. The van der Waals surface area contributed by atoms with Gasteiger partial charge in [-0.25, -0.2) is 4.98 Å². The molecule has 1 aromatic heterocycles. The first-order valence-electron chi connectivity index (χ1n) is 10.0. The monoisotopic (exact) mass is 443 g/mol. The van der Waals surface area contributed by atoms with Gasteiger partial charge in [-0.15, -0.1) is 0 Å².